The van der Waals surface area contributed by atoms with Crippen LogP contribution in [0.3, 0.4) is 0 Å². The Morgan fingerprint density at radius 2 is 1.95 bits per heavy atom. The average molecular weight is 251 g/mol. The van der Waals surface area contributed by atoms with Crippen LogP contribution in [0.1, 0.15) is 33.0 Å². The molecule has 0 N–H and O–H groups in total. The molecule has 0 amide bonds. The van der Waals surface area contributed by atoms with Crippen LogP contribution in [-0.4, -0.2) is 5.78 Å². The van der Waals surface area contributed by atoms with Crippen LogP contribution in [0.15, 0.2) is 40.8 Å². The Balaban J connectivity index is 2.16. The van der Waals surface area contributed by atoms with Crippen molar-refractivity contribution in [1.82, 2.24) is 0 Å². The molecule has 19 heavy (non-hydrogen) atoms. The first-order valence-corrected chi connectivity index (χ1v) is 5.90. The smallest absolute Gasteiger partial charge is 0.189 e. The SMILES string of the molecule is Cc1cc(C(=O)/C=C/c2ccc(C#N)cc2)c(C)o1. The van der Waals surface area contributed by atoms with Crippen LogP contribution in [0.4, 0.5) is 0 Å². The number of allylic oxidation sites excluding steroid dienone is 1. The third-order valence-electron chi connectivity index (χ3n) is 2.77. The molecule has 1 aromatic carbocycles. The van der Waals surface area contributed by atoms with Crippen molar-refractivity contribution in [2.75, 3.05) is 0 Å². The fourth-order valence-corrected chi connectivity index (χ4v) is 1.81. The van der Waals surface area contributed by atoms with E-state index < -0.39 is 0 Å². The highest BCUT2D eigenvalue weighted by atomic mass is 16.3. The minimum Gasteiger partial charge on any atom is -0.466 e. The molecular weight excluding hydrogens is 238 g/mol. The maximum Gasteiger partial charge on any atom is 0.189 e. The highest BCUT2D eigenvalue weighted by Gasteiger charge is 2.10. The predicted octanol–water partition coefficient (Wildman–Crippen LogP) is 3.66. The first kappa shape index (κ1) is 12.8. The molecule has 0 radical (unpaired) electrons. The van der Waals surface area contributed by atoms with E-state index in [2.05, 4.69) is 6.07 Å². The van der Waals surface area contributed by atoms with E-state index in [0.717, 1.165) is 11.3 Å². The largest absolute Gasteiger partial charge is 0.466 e. The van der Waals surface area contributed by atoms with Gasteiger partial charge < -0.3 is 4.42 Å². The van der Waals surface area contributed by atoms with Gasteiger partial charge in [-0.2, -0.15) is 5.26 Å². The summed E-state index contributed by atoms with van der Waals surface area (Å²) in [6, 6.07) is 10.8. The number of hydrogen-bond acceptors (Lipinski definition) is 3. The number of carbonyl (C=O) groups excluding carboxylic acids is 1. The van der Waals surface area contributed by atoms with Crippen molar-refractivity contribution in [2.24, 2.45) is 0 Å². The van der Waals surface area contributed by atoms with Gasteiger partial charge in [-0.25, -0.2) is 0 Å². The van der Waals surface area contributed by atoms with Crippen LogP contribution < -0.4 is 0 Å². The van der Waals surface area contributed by atoms with Gasteiger partial charge in [0.1, 0.15) is 11.5 Å². The van der Waals surface area contributed by atoms with E-state index in [1.165, 1.54) is 6.08 Å². The summed E-state index contributed by atoms with van der Waals surface area (Å²) < 4.78 is 5.33. The lowest BCUT2D eigenvalue weighted by atomic mass is 10.1. The summed E-state index contributed by atoms with van der Waals surface area (Å²) in [5.74, 6) is 1.28. The minimum absolute atomic E-state index is 0.0845. The van der Waals surface area contributed by atoms with Gasteiger partial charge in [0.05, 0.1) is 17.2 Å². The molecule has 1 aromatic heterocycles. The van der Waals surface area contributed by atoms with Crippen molar-refractivity contribution in [1.29, 1.82) is 5.26 Å². The number of benzene rings is 1. The monoisotopic (exact) mass is 251 g/mol. The van der Waals surface area contributed by atoms with E-state index in [1.807, 2.05) is 6.92 Å². The number of nitriles is 1. The third-order valence-corrected chi connectivity index (χ3v) is 2.77. The predicted molar refractivity (Wildman–Crippen MR) is 72.7 cm³/mol. The lowest BCUT2D eigenvalue weighted by Crippen LogP contribution is -1.93. The second-order valence-corrected chi connectivity index (χ2v) is 4.26. The van der Waals surface area contributed by atoms with Crippen LogP contribution in [0, 0.1) is 25.2 Å². The molecule has 0 unspecified atom stereocenters. The molecule has 94 valence electrons. The van der Waals surface area contributed by atoms with E-state index in [9.17, 15) is 4.79 Å². The normalized spacial score (nSPS) is 10.6. The van der Waals surface area contributed by atoms with Gasteiger partial charge >= 0.3 is 0 Å². The first-order chi connectivity index (χ1) is 9.10. The number of hydrogen-bond donors (Lipinski definition) is 0. The highest BCUT2D eigenvalue weighted by Crippen LogP contribution is 2.15. The van der Waals surface area contributed by atoms with Crippen molar-refractivity contribution in [2.45, 2.75) is 13.8 Å². The van der Waals surface area contributed by atoms with Crippen LogP contribution in [0.5, 0.6) is 0 Å². The van der Waals surface area contributed by atoms with Crippen molar-refractivity contribution in [3.63, 3.8) is 0 Å². The molecule has 1 heterocycles. The van der Waals surface area contributed by atoms with Gasteiger partial charge in [0.25, 0.3) is 0 Å². The summed E-state index contributed by atoms with van der Waals surface area (Å²) in [4.78, 5) is 12.0. The fourth-order valence-electron chi connectivity index (χ4n) is 1.81. The fraction of sp³-hybridized carbons (Fsp3) is 0.125. The molecule has 0 aliphatic heterocycles. The lowest BCUT2D eigenvalue weighted by molar-refractivity contribution is 0.104. The standard InChI is InChI=1S/C16H13NO2/c1-11-9-15(12(2)19-11)16(18)8-7-13-3-5-14(10-17)6-4-13/h3-9H,1-2H3/b8-7+. The van der Waals surface area contributed by atoms with Crippen molar-refractivity contribution in [3.05, 3.63) is 64.6 Å². The third kappa shape index (κ3) is 2.99. The van der Waals surface area contributed by atoms with Gasteiger partial charge in [0.15, 0.2) is 5.78 Å². The van der Waals surface area contributed by atoms with E-state index in [0.29, 0.717) is 16.9 Å². The van der Waals surface area contributed by atoms with Gasteiger partial charge in [-0.1, -0.05) is 18.2 Å². The maximum atomic E-state index is 12.0. The summed E-state index contributed by atoms with van der Waals surface area (Å²) >= 11 is 0. The number of rotatable bonds is 3. The summed E-state index contributed by atoms with van der Waals surface area (Å²) in [6.45, 7) is 3.59. The van der Waals surface area contributed by atoms with Gasteiger partial charge in [-0.15, -0.1) is 0 Å². The minimum atomic E-state index is -0.0845. The number of ketones is 1. The Morgan fingerprint density at radius 1 is 1.26 bits per heavy atom. The van der Waals surface area contributed by atoms with Gasteiger partial charge in [0, 0.05) is 0 Å². The Labute approximate surface area is 111 Å². The average Bonchev–Trinajstić information content (AvgIpc) is 2.75. The van der Waals surface area contributed by atoms with Gasteiger partial charge in [-0.3, -0.25) is 4.79 Å². The topological polar surface area (TPSA) is 54.0 Å². The maximum absolute atomic E-state index is 12.0. The Kier molecular flexibility index (Phi) is 3.63. The first-order valence-electron chi connectivity index (χ1n) is 5.90. The molecule has 0 aliphatic rings. The molecule has 0 atom stereocenters. The summed E-state index contributed by atoms with van der Waals surface area (Å²) in [7, 11) is 0. The zero-order valence-electron chi connectivity index (χ0n) is 10.8. The molecule has 0 bridgehead atoms. The second kappa shape index (κ2) is 5.36. The summed E-state index contributed by atoms with van der Waals surface area (Å²) in [5, 5.41) is 8.70. The molecular formula is C16H13NO2. The summed E-state index contributed by atoms with van der Waals surface area (Å²) in [6.07, 6.45) is 3.24. The van der Waals surface area contributed by atoms with Crippen molar-refractivity contribution in [3.8, 4) is 6.07 Å². The van der Waals surface area contributed by atoms with E-state index >= 15 is 0 Å². The molecule has 0 fully saturated rings. The lowest BCUT2D eigenvalue weighted by Gasteiger charge is -1.94. The molecule has 2 aromatic rings. The van der Waals surface area contributed by atoms with E-state index in [-0.39, 0.29) is 5.78 Å². The highest BCUT2D eigenvalue weighted by molar-refractivity contribution is 6.07. The Morgan fingerprint density at radius 3 is 2.47 bits per heavy atom. The molecule has 3 heteroatoms. The molecule has 0 saturated heterocycles. The van der Waals surface area contributed by atoms with Crippen LogP contribution in [0.2, 0.25) is 0 Å². The zero-order valence-corrected chi connectivity index (χ0v) is 10.8. The number of carbonyl (C=O) groups is 1. The number of furan rings is 1. The van der Waals surface area contributed by atoms with Crippen LogP contribution in [0.25, 0.3) is 6.08 Å². The Bertz CT molecular complexity index is 670. The van der Waals surface area contributed by atoms with Gasteiger partial charge in [-0.05, 0) is 43.7 Å². The molecule has 0 aliphatic carbocycles. The quantitative estimate of drug-likeness (QED) is 0.617. The number of aryl methyl sites for hydroxylation is 2. The van der Waals surface area contributed by atoms with Crippen LogP contribution in [-0.2, 0) is 0 Å². The molecule has 0 spiro atoms. The van der Waals surface area contributed by atoms with Crippen molar-refractivity contribution < 1.29 is 9.21 Å². The molecule has 0 saturated carbocycles. The van der Waals surface area contributed by atoms with Crippen molar-refractivity contribution >= 4 is 11.9 Å². The zero-order chi connectivity index (χ0) is 13.8. The molecule has 3 nitrogen and oxygen atoms in total. The van der Waals surface area contributed by atoms with E-state index in [4.69, 9.17) is 9.68 Å². The Hall–Kier alpha value is -2.60. The van der Waals surface area contributed by atoms with Crippen LogP contribution >= 0.6 is 0 Å². The van der Waals surface area contributed by atoms with E-state index in [1.54, 1.807) is 43.3 Å². The summed E-state index contributed by atoms with van der Waals surface area (Å²) in [5.41, 5.74) is 2.07. The second-order valence-electron chi connectivity index (χ2n) is 4.26. The number of nitrogens with zero attached hydrogens (tertiary/aromatic N) is 1. The molecule has 2 rings (SSSR count). The van der Waals surface area contributed by atoms with Gasteiger partial charge in [0.2, 0.25) is 0 Å².